The number of carbonyl (C=O) groups is 4. The Morgan fingerprint density at radius 3 is 2.00 bits per heavy atom. The van der Waals surface area contributed by atoms with E-state index in [-0.39, 0.29) is 5.03 Å². The van der Waals surface area contributed by atoms with Gasteiger partial charge < -0.3 is 23.7 Å². The van der Waals surface area contributed by atoms with E-state index in [2.05, 4.69) is 4.72 Å². The lowest BCUT2D eigenvalue weighted by Crippen LogP contribution is -2.66. The Morgan fingerprint density at radius 1 is 0.912 bits per heavy atom. The number of ether oxygens (including phenoxy) is 5. The number of hydrogen-bond donors (Lipinski definition) is 1. The quantitative estimate of drug-likeness (QED) is 0.259. The Hall–Kier alpha value is -3.10. The lowest BCUT2D eigenvalue weighted by atomic mass is 9.97. The number of carbonyl (C=O) groups excluding carboxylic acids is 4. The van der Waals surface area contributed by atoms with E-state index in [0.717, 1.165) is 27.7 Å². The van der Waals surface area contributed by atoms with Crippen molar-refractivity contribution in [1.29, 1.82) is 0 Å². The fourth-order valence-corrected chi connectivity index (χ4v) is 4.64. The van der Waals surface area contributed by atoms with Crippen LogP contribution in [0.15, 0.2) is 29.4 Å². The van der Waals surface area contributed by atoms with E-state index < -0.39 is 71.2 Å². The van der Waals surface area contributed by atoms with Crippen molar-refractivity contribution in [3.8, 4) is 0 Å². The van der Waals surface area contributed by atoms with Gasteiger partial charge in [-0.25, -0.2) is 8.42 Å². The lowest BCUT2D eigenvalue weighted by Gasteiger charge is -2.44. The zero-order valence-electron chi connectivity index (χ0n) is 19.2. The smallest absolute Gasteiger partial charge is 0.312 e. The number of hydrogen-bond acceptors (Lipinski definition) is 11. The summed E-state index contributed by atoms with van der Waals surface area (Å²) in [7, 11) is -2.76. The van der Waals surface area contributed by atoms with Crippen molar-refractivity contribution in [3.05, 3.63) is 24.4 Å². The van der Waals surface area contributed by atoms with Crippen LogP contribution in [0.1, 0.15) is 27.7 Å². The fraction of sp³-hybridized carbons (Fsp3) is 0.550. The molecular formula is C20H27N2O11S+. The third-order valence-corrected chi connectivity index (χ3v) is 6.06. The van der Waals surface area contributed by atoms with E-state index in [1.54, 1.807) is 6.07 Å². The average Bonchev–Trinajstić information content (AvgIpc) is 2.70. The van der Waals surface area contributed by atoms with Gasteiger partial charge in [0.1, 0.15) is 19.8 Å². The fourth-order valence-electron chi connectivity index (χ4n) is 3.32. The molecule has 5 atom stereocenters. The van der Waals surface area contributed by atoms with Crippen LogP contribution in [0.3, 0.4) is 0 Å². The number of aromatic nitrogens is 1. The van der Waals surface area contributed by atoms with E-state index in [1.807, 2.05) is 0 Å². The number of rotatable bonds is 8. The maximum absolute atomic E-state index is 13.1. The van der Waals surface area contributed by atoms with Gasteiger partial charge in [0.05, 0.1) is 0 Å². The monoisotopic (exact) mass is 503 g/mol. The zero-order valence-corrected chi connectivity index (χ0v) is 20.1. The number of aryl methyl sites for hydroxylation is 1. The minimum Gasteiger partial charge on any atom is -0.463 e. The molecule has 13 nitrogen and oxygen atoms in total. The standard InChI is InChI=1S/C20H27N2O11S/c1-11(23)29-10-15-17(30-12(2)24)18(31-13(3)25)19(32-14(4)26)20(33-15)21-34(27,28)16-8-6-7-9-22(16)5/h6-9,15,17-21H,10H2,1-5H3/q+1/t15?,17-,18-,19?,20+/m0/s1. The molecule has 0 bridgehead atoms. The Balaban J connectivity index is 2.53. The highest BCUT2D eigenvalue weighted by Crippen LogP contribution is 2.29. The summed E-state index contributed by atoms with van der Waals surface area (Å²) in [5.41, 5.74) is 0. The first-order valence-electron chi connectivity index (χ1n) is 10.1. The second-order valence-corrected chi connectivity index (χ2v) is 9.05. The molecule has 0 saturated carbocycles. The van der Waals surface area contributed by atoms with Crippen LogP contribution in [0, 0.1) is 0 Å². The van der Waals surface area contributed by atoms with Gasteiger partial charge in [0.15, 0.2) is 30.7 Å². The molecule has 1 aromatic heterocycles. The predicted molar refractivity (Wildman–Crippen MR) is 110 cm³/mol. The Labute approximate surface area is 196 Å². The summed E-state index contributed by atoms with van der Waals surface area (Å²) in [5, 5.41) is -0.150. The van der Waals surface area contributed by atoms with Crippen molar-refractivity contribution in [2.24, 2.45) is 7.05 Å². The minimum absolute atomic E-state index is 0.150. The second kappa shape index (κ2) is 11.4. The number of sulfonamides is 1. The number of esters is 4. The number of nitrogens with zero attached hydrogens (tertiary/aromatic N) is 1. The first-order valence-corrected chi connectivity index (χ1v) is 11.6. The third kappa shape index (κ3) is 7.20. The maximum Gasteiger partial charge on any atom is 0.312 e. The summed E-state index contributed by atoms with van der Waals surface area (Å²) in [6.07, 6.45) is -5.81. The van der Waals surface area contributed by atoms with Crippen molar-refractivity contribution in [1.82, 2.24) is 4.72 Å². The van der Waals surface area contributed by atoms with Crippen LogP contribution in [0.5, 0.6) is 0 Å². The maximum atomic E-state index is 13.1. The van der Waals surface area contributed by atoms with Crippen LogP contribution in [0.4, 0.5) is 0 Å². The van der Waals surface area contributed by atoms with Gasteiger partial charge in [-0.1, -0.05) is 0 Å². The first kappa shape index (κ1) is 27.1. The van der Waals surface area contributed by atoms with E-state index in [1.165, 1.54) is 29.9 Å². The predicted octanol–water partition coefficient (Wildman–Crippen LogP) is -1.13. The minimum atomic E-state index is -4.27. The molecule has 0 aromatic carbocycles. The van der Waals surface area contributed by atoms with Crippen LogP contribution in [-0.2, 0) is 59.9 Å². The van der Waals surface area contributed by atoms with E-state index in [4.69, 9.17) is 23.7 Å². The van der Waals surface area contributed by atoms with Gasteiger partial charge in [0, 0.05) is 39.8 Å². The first-order chi connectivity index (χ1) is 15.8. The molecule has 0 spiro atoms. The summed E-state index contributed by atoms with van der Waals surface area (Å²) in [6, 6.07) is 4.45. The van der Waals surface area contributed by atoms with Gasteiger partial charge in [0.25, 0.3) is 0 Å². The highest BCUT2D eigenvalue weighted by atomic mass is 32.2. The molecule has 1 aromatic rings. The zero-order chi connectivity index (χ0) is 25.6. The number of pyridine rings is 1. The lowest BCUT2D eigenvalue weighted by molar-refractivity contribution is -0.709. The normalized spacial score (nSPS) is 24.6. The molecule has 188 valence electrons. The average molecular weight is 504 g/mol. The molecule has 0 amide bonds. The van der Waals surface area contributed by atoms with Gasteiger partial charge in [-0.15, -0.1) is 0 Å². The summed E-state index contributed by atoms with van der Waals surface area (Å²) in [4.78, 5) is 46.8. The molecule has 1 fully saturated rings. The van der Waals surface area contributed by atoms with Crippen molar-refractivity contribution < 1.29 is 55.8 Å². The summed E-state index contributed by atoms with van der Waals surface area (Å²) in [6.45, 7) is 3.85. The van der Waals surface area contributed by atoms with Crippen molar-refractivity contribution in [3.63, 3.8) is 0 Å². The van der Waals surface area contributed by atoms with E-state index in [9.17, 15) is 27.6 Å². The SMILES string of the molecule is CC(=O)OCC1O[C@@H](NS(=O)(=O)c2cccc[n+]2C)C(OC(C)=O)[C@@H](OC(C)=O)[C@H]1OC(C)=O. The van der Waals surface area contributed by atoms with Crippen LogP contribution in [0.25, 0.3) is 0 Å². The van der Waals surface area contributed by atoms with E-state index >= 15 is 0 Å². The molecule has 34 heavy (non-hydrogen) atoms. The Kier molecular flexibility index (Phi) is 9.06. The topological polar surface area (TPSA) is 164 Å². The number of nitrogens with one attached hydrogen (secondary N) is 1. The largest absolute Gasteiger partial charge is 0.463 e. The van der Waals surface area contributed by atoms with Crippen LogP contribution in [0.2, 0.25) is 0 Å². The summed E-state index contributed by atoms with van der Waals surface area (Å²) < 4.78 is 56.2. The molecule has 1 saturated heterocycles. The van der Waals surface area contributed by atoms with Crippen molar-refractivity contribution in [2.75, 3.05) is 6.61 Å². The Morgan fingerprint density at radius 2 is 1.47 bits per heavy atom. The summed E-state index contributed by atoms with van der Waals surface area (Å²) >= 11 is 0. The molecule has 1 N–H and O–H groups in total. The van der Waals surface area contributed by atoms with Gasteiger partial charge >= 0.3 is 38.9 Å². The van der Waals surface area contributed by atoms with Crippen LogP contribution >= 0.6 is 0 Å². The highest BCUT2D eigenvalue weighted by Gasteiger charge is 2.53. The Bertz CT molecular complexity index is 1040. The van der Waals surface area contributed by atoms with Crippen molar-refractivity contribution >= 4 is 33.9 Å². The van der Waals surface area contributed by atoms with Gasteiger partial charge in [-0.3, -0.25) is 19.2 Å². The molecule has 0 radical (unpaired) electrons. The second-order valence-electron chi connectivity index (χ2n) is 7.39. The van der Waals surface area contributed by atoms with Crippen LogP contribution in [-0.4, -0.2) is 69.5 Å². The molecule has 2 heterocycles. The molecular weight excluding hydrogens is 476 g/mol. The molecule has 2 rings (SSSR count). The molecule has 2 unspecified atom stereocenters. The highest BCUT2D eigenvalue weighted by molar-refractivity contribution is 7.89. The van der Waals surface area contributed by atoms with Crippen LogP contribution < -0.4 is 9.29 Å². The van der Waals surface area contributed by atoms with Crippen molar-refractivity contribution in [2.45, 2.75) is 63.4 Å². The molecule has 0 aliphatic carbocycles. The summed E-state index contributed by atoms with van der Waals surface area (Å²) in [5.74, 6) is -3.16. The molecule has 1 aliphatic heterocycles. The molecule has 14 heteroatoms. The third-order valence-electron chi connectivity index (χ3n) is 4.54. The molecule has 1 aliphatic rings. The van der Waals surface area contributed by atoms with Gasteiger partial charge in [-0.05, 0) is 6.07 Å². The van der Waals surface area contributed by atoms with Gasteiger partial charge in [0.2, 0.25) is 0 Å². The van der Waals surface area contributed by atoms with Gasteiger partial charge in [-0.2, -0.15) is 9.29 Å². The van der Waals surface area contributed by atoms with E-state index in [0.29, 0.717) is 0 Å².